The van der Waals surface area contributed by atoms with Crippen LogP contribution < -0.4 is 20.1 Å². The lowest BCUT2D eigenvalue weighted by Crippen LogP contribution is -2.31. The Kier molecular flexibility index (Phi) is 7.88. The van der Waals surface area contributed by atoms with Gasteiger partial charge in [0.15, 0.2) is 17.0 Å². The molecule has 1 aliphatic rings. The molecule has 4 rings (SSSR count). The number of hydrogen-bond acceptors (Lipinski definition) is 5. The maximum atomic E-state index is 13.9. The second-order valence-electron chi connectivity index (χ2n) is 7.28. The van der Waals surface area contributed by atoms with Crippen molar-refractivity contribution >= 4 is 52.6 Å². The van der Waals surface area contributed by atoms with Crippen LogP contribution >= 0.6 is 35.0 Å². The number of hydrogen-bond donors (Lipinski definition) is 2. The van der Waals surface area contributed by atoms with Gasteiger partial charge in [-0.3, -0.25) is 4.79 Å². The minimum absolute atomic E-state index is 0.239. The van der Waals surface area contributed by atoms with Crippen molar-refractivity contribution in [1.29, 1.82) is 0 Å². The predicted octanol–water partition coefficient (Wildman–Crippen LogP) is 6.71. The second-order valence-corrected chi connectivity index (χ2v) is 9.24. The summed E-state index contributed by atoms with van der Waals surface area (Å²) in [6.45, 7) is 2.62. The number of ether oxygens (including phenoxy) is 2. The van der Waals surface area contributed by atoms with Crippen LogP contribution in [0.5, 0.6) is 11.5 Å². The molecule has 0 radical (unpaired) electrons. The minimum Gasteiger partial charge on any atom is -0.490 e. The average molecular weight is 519 g/mol. The van der Waals surface area contributed by atoms with Crippen molar-refractivity contribution in [2.75, 3.05) is 11.9 Å². The van der Waals surface area contributed by atoms with E-state index in [9.17, 15) is 9.18 Å². The van der Waals surface area contributed by atoms with Crippen LogP contribution in [0.3, 0.4) is 0 Å². The molecule has 1 saturated heterocycles. The molecule has 2 N–H and O–H groups in total. The van der Waals surface area contributed by atoms with Gasteiger partial charge < -0.3 is 20.1 Å². The van der Waals surface area contributed by atoms with E-state index in [1.165, 1.54) is 17.8 Å². The van der Waals surface area contributed by atoms with Gasteiger partial charge in [-0.05, 0) is 60.5 Å². The highest BCUT2D eigenvalue weighted by molar-refractivity contribution is 8.05. The van der Waals surface area contributed by atoms with Crippen LogP contribution in [-0.2, 0) is 11.4 Å². The predicted molar refractivity (Wildman–Crippen MR) is 136 cm³/mol. The van der Waals surface area contributed by atoms with Crippen LogP contribution in [-0.4, -0.2) is 18.0 Å². The molecule has 1 amide bonds. The first-order valence-electron chi connectivity index (χ1n) is 10.5. The monoisotopic (exact) mass is 518 g/mol. The highest BCUT2D eigenvalue weighted by atomic mass is 35.5. The molecule has 0 spiro atoms. The fraction of sp³-hybridized carbons (Fsp3) is 0.160. The number of halogens is 3. The molecule has 9 heteroatoms. The van der Waals surface area contributed by atoms with Gasteiger partial charge in [0.05, 0.1) is 27.2 Å². The highest BCUT2D eigenvalue weighted by Gasteiger charge is 2.27. The third kappa shape index (κ3) is 5.97. The molecular formula is C25H21Cl2FN2O3S. The Bertz CT molecular complexity index is 1240. The summed E-state index contributed by atoms with van der Waals surface area (Å²) in [5.41, 5.74) is 1.49. The first-order chi connectivity index (χ1) is 16.4. The molecule has 0 saturated carbocycles. The number of carbonyl (C=O) groups excluding carboxylic acids is 1. The Hall–Kier alpha value is -2.87. The molecule has 0 aromatic heterocycles. The van der Waals surface area contributed by atoms with E-state index in [1.54, 1.807) is 42.5 Å². The van der Waals surface area contributed by atoms with Crippen LogP contribution in [0.15, 0.2) is 65.6 Å². The Morgan fingerprint density at radius 3 is 2.65 bits per heavy atom. The Labute approximate surface area is 211 Å². The first kappa shape index (κ1) is 24.3. The Morgan fingerprint density at radius 2 is 1.88 bits per heavy atom. The second kappa shape index (κ2) is 11.0. The molecule has 3 aromatic carbocycles. The number of para-hydroxylation sites is 1. The molecule has 1 heterocycles. The number of thioether (sulfide) groups is 1. The first-order valence-corrected chi connectivity index (χ1v) is 12.1. The van der Waals surface area contributed by atoms with Crippen molar-refractivity contribution in [3.05, 3.63) is 92.6 Å². The summed E-state index contributed by atoms with van der Waals surface area (Å²) in [5.74, 6) is 0.503. The summed E-state index contributed by atoms with van der Waals surface area (Å²) in [6, 6.07) is 17.1. The SMILES string of the molecule is CCOc1cc(/C=C2\SC(Nc3ccccc3F)NC2=O)ccc1OCc1ccc(Cl)c(Cl)c1. The van der Waals surface area contributed by atoms with Crippen molar-refractivity contribution in [2.45, 2.75) is 19.0 Å². The van der Waals surface area contributed by atoms with Crippen LogP contribution in [0.4, 0.5) is 10.1 Å². The van der Waals surface area contributed by atoms with Gasteiger partial charge in [-0.25, -0.2) is 4.39 Å². The summed E-state index contributed by atoms with van der Waals surface area (Å²) in [6.07, 6.45) is 1.76. The van der Waals surface area contributed by atoms with Gasteiger partial charge in [0, 0.05) is 0 Å². The quantitative estimate of drug-likeness (QED) is 0.324. The molecule has 0 bridgehead atoms. The van der Waals surface area contributed by atoms with Gasteiger partial charge in [0.25, 0.3) is 5.91 Å². The van der Waals surface area contributed by atoms with Crippen molar-refractivity contribution < 1.29 is 18.7 Å². The molecule has 1 unspecified atom stereocenters. The maximum Gasteiger partial charge on any atom is 0.260 e. The topological polar surface area (TPSA) is 59.6 Å². The summed E-state index contributed by atoms with van der Waals surface area (Å²) < 4.78 is 25.6. The smallest absolute Gasteiger partial charge is 0.260 e. The van der Waals surface area contributed by atoms with Crippen LogP contribution in [0, 0.1) is 5.82 Å². The van der Waals surface area contributed by atoms with Crippen molar-refractivity contribution in [1.82, 2.24) is 5.32 Å². The molecule has 34 heavy (non-hydrogen) atoms. The van der Waals surface area contributed by atoms with Gasteiger partial charge in [0.1, 0.15) is 12.4 Å². The molecule has 1 atom stereocenters. The fourth-order valence-electron chi connectivity index (χ4n) is 3.23. The molecule has 1 fully saturated rings. The van der Waals surface area contributed by atoms with E-state index in [-0.39, 0.29) is 11.7 Å². The van der Waals surface area contributed by atoms with Gasteiger partial charge in [-0.2, -0.15) is 0 Å². The third-order valence-corrected chi connectivity index (χ3v) is 6.60. The van der Waals surface area contributed by atoms with Crippen molar-refractivity contribution in [2.24, 2.45) is 0 Å². The molecule has 176 valence electrons. The van der Waals surface area contributed by atoms with E-state index >= 15 is 0 Å². The standard InChI is InChI=1S/C25H21Cl2FN2O3S/c1-2-32-22-12-15(8-10-21(22)33-14-16-7-9-17(26)18(27)11-16)13-23-24(31)30-25(34-23)29-20-6-4-3-5-19(20)28/h3-13,25,29H,2,14H2,1H3,(H,30,31)/b23-13-. The molecule has 0 aliphatic carbocycles. The summed E-state index contributed by atoms with van der Waals surface area (Å²) in [7, 11) is 0. The third-order valence-electron chi connectivity index (χ3n) is 4.83. The normalized spacial score (nSPS) is 16.4. The molecule has 1 aliphatic heterocycles. The number of nitrogens with one attached hydrogen (secondary N) is 2. The number of rotatable bonds is 8. The van der Waals surface area contributed by atoms with Crippen LogP contribution in [0.2, 0.25) is 10.0 Å². The number of carbonyl (C=O) groups is 1. The van der Waals surface area contributed by atoms with E-state index in [1.807, 2.05) is 25.1 Å². The summed E-state index contributed by atoms with van der Waals surface area (Å²) in [4.78, 5) is 12.9. The van der Waals surface area contributed by atoms with Gasteiger partial charge >= 0.3 is 0 Å². The number of anilines is 1. The van der Waals surface area contributed by atoms with E-state index in [4.69, 9.17) is 32.7 Å². The molecule has 5 nitrogen and oxygen atoms in total. The van der Waals surface area contributed by atoms with Gasteiger partial charge in [0.2, 0.25) is 0 Å². The molecule has 3 aromatic rings. The summed E-state index contributed by atoms with van der Waals surface area (Å²) >= 11 is 13.3. The van der Waals surface area contributed by atoms with Crippen LogP contribution in [0.1, 0.15) is 18.1 Å². The number of benzene rings is 3. The van der Waals surface area contributed by atoms with E-state index in [0.29, 0.717) is 45.4 Å². The minimum atomic E-state index is -0.476. The lowest BCUT2D eigenvalue weighted by atomic mass is 10.2. The lowest BCUT2D eigenvalue weighted by Gasteiger charge is -2.13. The Balaban J connectivity index is 1.47. The Morgan fingerprint density at radius 1 is 1.06 bits per heavy atom. The largest absolute Gasteiger partial charge is 0.490 e. The van der Waals surface area contributed by atoms with Gasteiger partial charge in [-0.15, -0.1) is 0 Å². The average Bonchev–Trinajstić information content (AvgIpc) is 3.16. The maximum absolute atomic E-state index is 13.9. The number of amides is 1. The van der Waals surface area contributed by atoms with Gasteiger partial charge in [-0.1, -0.05) is 59.2 Å². The van der Waals surface area contributed by atoms with E-state index in [0.717, 1.165) is 11.1 Å². The fourth-order valence-corrected chi connectivity index (χ4v) is 4.53. The van der Waals surface area contributed by atoms with Crippen LogP contribution in [0.25, 0.3) is 6.08 Å². The molecular weight excluding hydrogens is 498 g/mol. The van der Waals surface area contributed by atoms with Crippen molar-refractivity contribution in [3.8, 4) is 11.5 Å². The highest BCUT2D eigenvalue weighted by Crippen LogP contribution is 2.34. The zero-order valence-corrected chi connectivity index (χ0v) is 20.4. The summed E-state index contributed by atoms with van der Waals surface area (Å²) in [5, 5.41) is 6.74. The zero-order valence-electron chi connectivity index (χ0n) is 18.1. The zero-order chi connectivity index (χ0) is 24.1. The lowest BCUT2D eigenvalue weighted by molar-refractivity contribution is -0.116. The van der Waals surface area contributed by atoms with E-state index in [2.05, 4.69) is 10.6 Å². The van der Waals surface area contributed by atoms with Crippen molar-refractivity contribution in [3.63, 3.8) is 0 Å². The van der Waals surface area contributed by atoms with E-state index < -0.39 is 5.50 Å².